The van der Waals surface area contributed by atoms with E-state index in [-0.39, 0.29) is 28.8 Å². The highest BCUT2D eigenvalue weighted by Gasteiger charge is 2.46. The molecular weight excluding hydrogens is 507 g/mol. The van der Waals surface area contributed by atoms with E-state index >= 15 is 0 Å². The topological polar surface area (TPSA) is 80.2 Å². The van der Waals surface area contributed by atoms with Gasteiger partial charge in [0.15, 0.2) is 21.6 Å². The molecule has 1 aliphatic carbocycles. The Morgan fingerprint density at radius 2 is 1.84 bits per heavy atom. The summed E-state index contributed by atoms with van der Waals surface area (Å²) in [5.74, 6) is -0.783. The van der Waals surface area contributed by atoms with Crippen LogP contribution in [0.1, 0.15) is 44.6 Å². The van der Waals surface area contributed by atoms with Crippen molar-refractivity contribution in [2.24, 2.45) is 5.10 Å². The highest BCUT2D eigenvalue weighted by atomic mass is 32.2. The Balaban J connectivity index is 1.51. The van der Waals surface area contributed by atoms with Crippen LogP contribution in [0, 0.1) is 0 Å². The van der Waals surface area contributed by atoms with Crippen LogP contribution in [0.4, 0.5) is 23.7 Å². The van der Waals surface area contributed by atoms with Crippen LogP contribution in [-0.2, 0) is 22.2 Å². The molecule has 4 rings (SSSR count). The summed E-state index contributed by atoms with van der Waals surface area (Å²) in [6.45, 7) is 2.15. The van der Waals surface area contributed by atoms with E-state index in [1.165, 1.54) is 17.1 Å². The van der Waals surface area contributed by atoms with Crippen LogP contribution in [0.5, 0.6) is 11.5 Å². The Hall–Kier alpha value is -3.21. The molecule has 2 aliphatic rings. The van der Waals surface area contributed by atoms with Crippen LogP contribution in [0.15, 0.2) is 52.5 Å². The second-order valence-corrected chi connectivity index (χ2v) is 11.0. The van der Waals surface area contributed by atoms with Crippen LogP contribution < -0.4 is 14.8 Å². The number of anilines is 1. The number of halogens is 3. The summed E-state index contributed by atoms with van der Waals surface area (Å²) in [4.78, 5) is 25.6. The van der Waals surface area contributed by atoms with Gasteiger partial charge in [-0.2, -0.15) is 23.3 Å². The molecule has 1 saturated carbocycles. The number of hydrogen-bond donors (Lipinski definition) is 1. The van der Waals surface area contributed by atoms with Crippen molar-refractivity contribution >= 4 is 33.9 Å². The molecule has 37 heavy (non-hydrogen) atoms. The van der Waals surface area contributed by atoms with Crippen molar-refractivity contribution in [1.82, 2.24) is 5.01 Å². The third-order valence-electron chi connectivity index (χ3n) is 6.26. The number of nitrogens with one attached hydrogen (secondary N) is 1. The van der Waals surface area contributed by atoms with Crippen LogP contribution in [-0.4, -0.2) is 47.0 Å². The van der Waals surface area contributed by atoms with E-state index in [1.54, 1.807) is 25.5 Å². The van der Waals surface area contributed by atoms with Crippen molar-refractivity contribution < 1.29 is 32.2 Å². The predicted molar refractivity (Wildman–Crippen MR) is 136 cm³/mol. The molecule has 2 aromatic rings. The fourth-order valence-corrected chi connectivity index (χ4v) is 6.41. The van der Waals surface area contributed by atoms with Crippen molar-refractivity contribution in [2.75, 3.05) is 12.4 Å². The first kappa shape index (κ1) is 26.8. The number of carbonyl (C=O) groups is 2. The lowest BCUT2D eigenvalue weighted by Gasteiger charge is -2.24. The van der Waals surface area contributed by atoms with Gasteiger partial charge in [0, 0.05) is 11.8 Å². The first-order chi connectivity index (χ1) is 17.7. The standard InChI is InChI=1S/C26H28F3N3O4S/c1-3-20-15-30-32(16-17-8-10-18(11-9-17)31-24(33)26(27,28)29)25(34)37(20)21-12-13-22(35-2)23(14-21)36-19-6-4-5-7-19/h8-15,19-20H,3-7,16H2,1-2H3/p+1. The third kappa shape index (κ3) is 6.38. The lowest BCUT2D eigenvalue weighted by Crippen LogP contribution is -2.42. The zero-order valence-electron chi connectivity index (χ0n) is 20.6. The smallest absolute Gasteiger partial charge is 0.471 e. The van der Waals surface area contributed by atoms with Gasteiger partial charge in [0.25, 0.3) is 0 Å². The highest BCUT2D eigenvalue weighted by molar-refractivity contribution is 8.11. The van der Waals surface area contributed by atoms with Gasteiger partial charge in [-0.05, 0) is 61.9 Å². The van der Waals surface area contributed by atoms with Gasteiger partial charge in [-0.15, -0.1) is 0 Å². The summed E-state index contributed by atoms with van der Waals surface area (Å²) >= 11 is 0. The molecule has 2 amide bonds. The summed E-state index contributed by atoms with van der Waals surface area (Å²) < 4.78 is 49.2. The van der Waals surface area contributed by atoms with E-state index in [0.29, 0.717) is 17.1 Å². The van der Waals surface area contributed by atoms with Crippen molar-refractivity contribution in [3.63, 3.8) is 0 Å². The molecule has 0 aromatic heterocycles. The number of ether oxygens (including phenoxy) is 2. The number of benzene rings is 2. The first-order valence-electron chi connectivity index (χ1n) is 12.1. The van der Waals surface area contributed by atoms with Crippen LogP contribution in [0.25, 0.3) is 0 Å². The average Bonchev–Trinajstić information content (AvgIpc) is 3.38. The molecule has 198 valence electrons. The van der Waals surface area contributed by atoms with E-state index < -0.39 is 23.0 Å². The number of hydrogen-bond acceptors (Lipinski definition) is 5. The minimum atomic E-state index is -4.97. The highest BCUT2D eigenvalue weighted by Crippen LogP contribution is 2.37. The summed E-state index contributed by atoms with van der Waals surface area (Å²) in [6.07, 6.45) is 1.93. The first-order valence-corrected chi connectivity index (χ1v) is 13.4. The van der Waals surface area contributed by atoms with Gasteiger partial charge in [-0.3, -0.25) is 4.79 Å². The Morgan fingerprint density at radius 3 is 2.46 bits per heavy atom. The van der Waals surface area contributed by atoms with Crippen molar-refractivity contribution in [3.8, 4) is 11.5 Å². The number of alkyl halides is 3. The van der Waals surface area contributed by atoms with Crippen LogP contribution >= 0.6 is 0 Å². The molecular formula is C26H29F3N3O4S+. The third-order valence-corrected chi connectivity index (χ3v) is 8.67. The van der Waals surface area contributed by atoms with Crippen molar-refractivity contribution in [3.05, 3.63) is 48.0 Å². The lowest BCUT2D eigenvalue weighted by atomic mass is 10.2. The molecule has 7 nitrogen and oxygen atoms in total. The molecule has 0 bridgehead atoms. The maximum atomic E-state index is 13.6. The van der Waals surface area contributed by atoms with Crippen LogP contribution in [0.3, 0.4) is 0 Å². The van der Waals surface area contributed by atoms with E-state index in [1.807, 2.05) is 30.4 Å². The van der Waals surface area contributed by atoms with E-state index in [0.717, 1.165) is 37.0 Å². The maximum absolute atomic E-state index is 13.6. The Kier molecular flexibility index (Phi) is 8.31. The van der Waals surface area contributed by atoms with Crippen LogP contribution in [0.2, 0.25) is 0 Å². The van der Waals surface area contributed by atoms with Gasteiger partial charge in [0.1, 0.15) is 10.9 Å². The summed E-state index contributed by atoms with van der Waals surface area (Å²) in [7, 11) is 0.771. The molecule has 11 heteroatoms. The van der Waals surface area contributed by atoms with Gasteiger partial charge >= 0.3 is 17.3 Å². The molecule has 1 fully saturated rings. The lowest BCUT2D eigenvalue weighted by molar-refractivity contribution is -0.167. The molecule has 2 aromatic carbocycles. The molecule has 2 atom stereocenters. The normalized spacial score (nSPS) is 20.2. The number of hydrazone groups is 1. The molecule has 1 heterocycles. The zero-order valence-corrected chi connectivity index (χ0v) is 21.4. The monoisotopic (exact) mass is 536 g/mol. The quantitative estimate of drug-likeness (QED) is 0.427. The maximum Gasteiger partial charge on any atom is 0.471 e. The Morgan fingerprint density at radius 1 is 1.14 bits per heavy atom. The fourth-order valence-electron chi connectivity index (χ4n) is 4.30. The zero-order chi connectivity index (χ0) is 26.6. The van der Waals surface area contributed by atoms with Crippen molar-refractivity contribution in [2.45, 2.75) is 68.0 Å². The van der Waals surface area contributed by atoms with Gasteiger partial charge in [0.2, 0.25) is 0 Å². The molecule has 1 aliphatic heterocycles. The molecule has 1 N–H and O–H groups in total. The van der Waals surface area contributed by atoms with Gasteiger partial charge < -0.3 is 14.8 Å². The molecule has 0 radical (unpaired) electrons. The van der Waals surface area contributed by atoms with E-state index in [2.05, 4.69) is 5.10 Å². The summed E-state index contributed by atoms with van der Waals surface area (Å²) in [5, 5.41) is 7.33. The number of nitrogens with zero attached hydrogens (tertiary/aromatic N) is 2. The molecule has 0 spiro atoms. The van der Waals surface area contributed by atoms with E-state index in [9.17, 15) is 22.8 Å². The fraction of sp³-hybridized carbons (Fsp3) is 0.423. The number of carbonyl (C=O) groups excluding carboxylic acids is 2. The second-order valence-electron chi connectivity index (χ2n) is 8.86. The Labute approximate surface area is 216 Å². The second kappa shape index (κ2) is 11.5. The number of methoxy groups -OCH3 is 1. The largest absolute Gasteiger partial charge is 0.493 e. The summed E-state index contributed by atoms with van der Waals surface area (Å²) in [6, 6.07) is 11.5. The number of amides is 2. The molecule has 0 saturated heterocycles. The van der Waals surface area contributed by atoms with Gasteiger partial charge in [0.05, 0.1) is 26.0 Å². The molecule has 2 unspecified atom stereocenters. The Bertz CT molecular complexity index is 1150. The number of rotatable bonds is 8. The minimum Gasteiger partial charge on any atom is -0.493 e. The van der Waals surface area contributed by atoms with Gasteiger partial charge in [-0.25, -0.2) is 4.79 Å². The SMILES string of the molecule is CCC1C=NN(Cc2ccc(NC(=O)C(F)(F)F)cc2)C(=O)[S+]1c1ccc(OC)c(OC2CCCC2)c1. The summed E-state index contributed by atoms with van der Waals surface area (Å²) in [5.41, 5.74) is 0.673. The predicted octanol–water partition coefficient (Wildman–Crippen LogP) is 5.89. The minimum absolute atomic E-state index is 0.0124. The van der Waals surface area contributed by atoms with E-state index in [4.69, 9.17) is 9.47 Å². The average molecular weight is 537 g/mol. The van der Waals surface area contributed by atoms with Gasteiger partial charge in [-0.1, -0.05) is 19.1 Å². The van der Waals surface area contributed by atoms with Crippen molar-refractivity contribution in [1.29, 1.82) is 0 Å².